The van der Waals surface area contributed by atoms with E-state index in [1.807, 2.05) is 0 Å². The Morgan fingerprint density at radius 1 is 1.26 bits per heavy atom. The number of nitrogens with one attached hydrogen (secondary N) is 2. The zero-order valence-electron chi connectivity index (χ0n) is 12.7. The van der Waals surface area contributed by atoms with Gasteiger partial charge < -0.3 is 15.5 Å². The lowest BCUT2D eigenvalue weighted by atomic mass is 9.80. The van der Waals surface area contributed by atoms with E-state index in [0.717, 1.165) is 51.9 Å². The van der Waals surface area contributed by atoms with Crippen molar-refractivity contribution in [2.45, 2.75) is 58.5 Å². The molecule has 0 unspecified atom stereocenters. The molecule has 4 nitrogen and oxygen atoms in total. The molecule has 0 atom stereocenters. The van der Waals surface area contributed by atoms with E-state index in [2.05, 4.69) is 36.3 Å². The molecular formula is C15H29N3O. The van der Waals surface area contributed by atoms with Crippen molar-refractivity contribution in [3.05, 3.63) is 0 Å². The third-order valence-electron chi connectivity index (χ3n) is 4.85. The molecule has 0 aromatic carbocycles. The highest BCUT2D eigenvalue weighted by Crippen LogP contribution is 2.28. The van der Waals surface area contributed by atoms with Gasteiger partial charge in [-0.2, -0.15) is 0 Å². The van der Waals surface area contributed by atoms with Gasteiger partial charge in [0.15, 0.2) is 0 Å². The van der Waals surface area contributed by atoms with Crippen LogP contribution in [-0.4, -0.2) is 49.1 Å². The summed E-state index contributed by atoms with van der Waals surface area (Å²) in [5.41, 5.74) is -0.152. The van der Waals surface area contributed by atoms with Crippen LogP contribution in [0.4, 0.5) is 0 Å². The molecule has 110 valence electrons. The average molecular weight is 267 g/mol. The van der Waals surface area contributed by atoms with Crippen molar-refractivity contribution < 1.29 is 4.79 Å². The highest BCUT2D eigenvalue weighted by molar-refractivity contribution is 5.82. The second-order valence-electron chi connectivity index (χ2n) is 6.69. The van der Waals surface area contributed by atoms with Crippen molar-refractivity contribution in [1.29, 1.82) is 0 Å². The molecule has 2 aliphatic heterocycles. The molecule has 0 bridgehead atoms. The molecule has 2 rings (SSSR count). The summed E-state index contributed by atoms with van der Waals surface area (Å²) in [6, 6.07) is 1.01. The van der Waals surface area contributed by atoms with E-state index in [0.29, 0.717) is 12.1 Å². The maximum atomic E-state index is 12.5. The molecule has 1 amide bonds. The van der Waals surface area contributed by atoms with Crippen LogP contribution in [0.15, 0.2) is 0 Å². The fraction of sp³-hybridized carbons (Fsp3) is 0.933. The number of rotatable bonds is 3. The first-order valence-electron chi connectivity index (χ1n) is 7.77. The predicted octanol–water partition coefficient (Wildman–Crippen LogP) is 1.37. The predicted molar refractivity (Wildman–Crippen MR) is 78.1 cm³/mol. The number of nitrogens with zero attached hydrogens (tertiary/aromatic N) is 1. The zero-order chi connectivity index (χ0) is 13.9. The molecule has 0 saturated carbocycles. The standard InChI is InChI=1S/C15H29N3O/c1-12(2)18-10-4-13(5-11-18)17-14(19)15(3)6-8-16-9-7-15/h12-13,16H,4-11H2,1-3H3,(H,17,19). The van der Waals surface area contributed by atoms with Crippen molar-refractivity contribution in [2.24, 2.45) is 5.41 Å². The topological polar surface area (TPSA) is 44.4 Å². The molecule has 2 N–H and O–H groups in total. The van der Waals surface area contributed by atoms with E-state index in [1.54, 1.807) is 0 Å². The van der Waals surface area contributed by atoms with Crippen molar-refractivity contribution in [3.8, 4) is 0 Å². The monoisotopic (exact) mass is 267 g/mol. The van der Waals surface area contributed by atoms with Gasteiger partial charge >= 0.3 is 0 Å². The molecule has 0 aromatic rings. The van der Waals surface area contributed by atoms with Crippen LogP contribution in [0, 0.1) is 5.41 Å². The van der Waals surface area contributed by atoms with Gasteiger partial charge in [0.05, 0.1) is 0 Å². The summed E-state index contributed by atoms with van der Waals surface area (Å²) >= 11 is 0. The maximum absolute atomic E-state index is 12.5. The maximum Gasteiger partial charge on any atom is 0.226 e. The van der Waals surface area contributed by atoms with Gasteiger partial charge in [0.2, 0.25) is 5.91 Å². The summed E-state index contributed by atoms with van der Waals surface area (Å²) in [5, 5.41) is 6.63. The Bertz CT molecular complexity index is 303. The van der Waals surface area contributed by atoms with E-state index in [9.17, 15) is 4.79 Å². The van der Waals surface area contributed by atoms with E-state index < -0.39 is 0 Å². The summed E-state index contributed by atoms with van der Waals surface area (Å²) in [6.45, 7) is 10.8. The lowest BCUT2D eigenvalue weighted by molar-refractivity contribution is -0.132. The normalized spacial score (nSPS) is 25.5. The number of amides is 1. The van der Waals surface area contributed by atoms with Gasteiger partial charge in [-0.05, 0) is 52.6 Å². The summed E-state index contributed by atoms with van der Waals surface area (Å²) in [7, 11) is 0. The SMILES string of the molecule is CC(C)N1CCC(NC(=O)C2(C)CCNCC2)CC1. The molecular weight excluding hydrogens is 238 g/mol. The van der Waals surface area contributed by atoms with Crippen LogP contribution in [0.25, 0.3) is 0 Å². The number of piperidine rings is 2. The largest absolute Gasteiger partial charge is 0.353 e. The quantitative estimate of drug-likeness (QED) is 0.811. The van der Waals surface area contributed by atoms with Gasteiger partial charge in [0, 0.05) is 30.6 Å². The highest BCUT2D eigenvalue weighted by atomic mass is 16.2. The van der Waals surface area contributed by atoms with E-state index in [-0.39, 0.29) is 11.3 Å². The van der Waals surface area contributed by atoms with E-state index in [4.69, 9.17) is 0 Å². The second kappa shape index (κ2) is 6.23. The van der Waals surface area contributed by atoms with Crippen LogP contribution in [0.5, 0.6) is 0 Å². The first kappa shape index (κ1) is 14.8. The average Bonchev–Trinajstić information content (AvgIpc) is 2.40. The Morgan fingerprint density at radius 3 is 2.37 bits per heavy atom. The van der Waals surface area contributed by atoms with Crippen molar-refractivity contribution in [1.82, 2.24) is 15.5 Å². The summed E-state index contributed by atoms with van der Waals surface area (Å²) in [5.74, 6) is 0.275. The summed E-state index contributed by atoms with van der Waals surface area (Å²) in [4.78, 5) is 14.9. The van der Waals surface area contributed by atoms with Crippen LogP contribution >= 0.6 is 0 Å². The summed E-state index contributed by atoms with van der Waals surface area (Å²) in [6.07, 6.45) is 4.11. The van der Waals surface area contributed by atoms with Gasteiger partial charge in [-0.3, -0.25) is 4.79 Å². The van der Waals surface area contributed by atoms with E-state index >= 15 is 0 Å². The van der Waals surface area contributed by atoms with Crippen LogP contribution in [-0.2, 0) is 4.79 Å². The van der Waals surface area contributed by atoms with Crippen LogP contribution < -0.4 is 10.6 Å². The molecule has 4 heteroatoms. The summed E-state index contributed by atoms with van der Waals surface area (Å²) < 4.78 is 0. The minimum Gasteiger partial charge on any atom is -0.353 e. The van der Waals surface area contributed by atoms with Crippen LogP contribution in [0.2, 0.25) is 0 Å². The first-order valence-corrected chi connectivity index (χ1v) is 7.77. The number of likely N-dealkylation sites (tertiary alicyclic amines) is 1. The molecule has 0 radical (unpaired) electrons. The molecule has 0 aliphatic carbocycles. The molecule has 19 heavy (non-hydrogen) atoms. The third kappa shape index (κ3) is 3.69. The molecule has 0 aromatic heterocycles. The van der Waals surface area contributed by atoms with E-state index in [1.165, 1.54) is 0 Å². The fourth-order valence-corrected chi connectivity index (χ4v) is 3.13. The van der Waals surface area contributed by atoms with Gasteiger partial charge in [-0.1, -0.05) is 6.92 Å². The molecule has 2 saturated heterocycles. The Balaban J connectivity index is 1.80. The minimum atomic E-state index is -0.152. The molecule has 2 heterocycles. The van der Waals surface area contributed by atoms with Crippen LogP contribution in [0.1, 0.15) is 46.5 Å². The van der Waals surface area contributed by atoms with Gasteiger partial charge in [-0.25, -0.2) is 0 Å². The zero-order valence-corrected chi connectivity index (χ0v) is 12.7. The molecule has 0 spiro atoms. The lowest BCUT2D eigenvalue weighted by Gasteiger charge is -2.38. The first-order chi connectivity index (χ1) is 9.01. The second-order valence-corrected chi connectivity index (χ2v) is 6.69. The number of carbonyl (C=O) groups excluding carboxylic acids is 1. The van der Waals surface area contributed by atoms with Crippen molar-refractivity contribution >= 4 is 5.91 Å². The number of hydrogen-bond donors (Lipinski definition) is 2. The minimum absolute atomic E-state index is 0.152. The van der Waals surface area contributed by atoms with Gasteiger partial charge in [0.25, 0.3) is 0 Å². The number of carbonyl (C=O) groups is 1. The fourth-order valence-electron chi connectivity index (χ4n) is 3.13. The Hall–Kier alpha value is -0.610. The van der Waals surface area contributed by atoms with Gasteiger partial charge in [-0.15, -0.1) is 0 Å². The third-order valence-corrected chi connectivity index (χ3v) is 4.85. The Kier molecular flexibility index (Phi) is 4.85. The smallest absolute Gasteiger partial charge is 0.226 e. The molecule has 2 aliphatic rings. The lowest BCUT2D eigenvalue weighted by Crippen LogP contribution is -2.52. The van der Waals surface area contributed by atoms with Gasteiger partial charge in [0.1, 0.15) is 0 Å². The molecule has 2 fully saturated rings. The Labute approximate surface area is 117 Å². The Morgan fingerprint density at radius 2 is 1.84 bits per heavy atom. The highest BCUT2D eigenvalue weighted by Gasteiger charge is 2.36. The van der Waals surface area contributed by atoms with Crippen molar-refractivity contribution in [2.75, 3.05) is 26.2 Å². The van der Waals surface area contributed by atoms with Crippen molar-refractivity contribution in [3.63, 3.8) is 0 Å². The van der Waals surface area contributed by atoms with Crippen LogP contribution in [0.3, 0.4) is 0 Å². The number of hydrogen-bond acceptors (Lipinski definition) is 3.